The Labute approximate surface area is 128 Å². The zero-order valence-corrected chi connectivity index (χ0v) is 12.5. The summed E-state index contributed by atoms with van der Waals surface area (Å²) in [7, 11) is 0. The van der Waals surface area contributed by atoms with Crippen molar-refractivity contribution in [3.63, 3.8) is 0 Å². The maximum atomic E-state index is 10.9. The highest BCUT2D eigenvalue weighted by atomic mass is 16.5. The second-order valence-corrected chi connectivity index (χ2v) is 5.70. The summed E-state index contributed by atoms with van der Waals surface area (Å²) in [5, 5.41) is 5.45. The smallest absolute Gasteiger partial charge is 0.243 e. The van der Waals surface area contributed by atoms with Crippen molar-refractivity contribution in [3.8, 4) is 5.75 Å². The summed E-state index contributed by atoms with van der Waals surface area (Å²) in [6, 6.07) is 3.94. The SMILES string of the molecule is CC(N)Cn1ncc2ccc3c(c21)CC(OCC(N)=O)CO3. The molecular weight excluding hydrogens is 284 g/mol. The monoisotopic (exact) mass is 304 g/mol. The van der Waals surface area contributed by atoms with Crippen molar-refractivity contribution >= 4 is 16.8 Å². The maximum Gasteiger partial charge on any atom is 0.243 e. The van der Waals surface area contributed by atoms with Gasteiger partial charge < -0.3 is 20.9 Å². The second kappa shape index (κ2) is 5.94. The average molecular weight is 304 g/mol. The van der Waals surface area contributed by atoms with Crippen LogP contribution in [0.1, 0.15) is 12.5 Å². The van der Waals surface area contributed by atoms with E-state index in [0.29, 0.717) is 19.6 Å². The zero-order chi connectivity index (χ0) is 15.7. The largest absolute Gasteiger partial charge is 0.491 e. The summed E-state index contributed by atoms with van der Waals surface area (Å²) < 4.78 is 13.2. The second-order valence-electron chi connectivity index (χ2n) is 5.70. The molecule has 3 rings (SSSR count). The molecule has 1 aliphatic heterocycles. The lowest BCUT2D eigenvalue weighted by atomic mass is 10.0. The molecule has 2 unspecified atom stereocenters. The van der Waals surface area contributed by atoms with Gasteiger partial charge in [-0.05, 0) is 19.1 Å². The van der Waals surface area contributed by atoms with Crippen LogP contribution < -0.4 is 16.2 Å². The van der Waals surface area contributed by atoms with Crippen LogP contribution in [0.5, 0.6) is 5.75 Å². The Balaban J connectivity index is 1.93. The van der Waals surface area contributed by atoms with Gasteiger partial charge >= 0.3 is 0 Å². The molecule has 0 radical (unpaired) electrons. The molecule has 1 aromatic carbocycles. The van der Waals surface area contributed by atoms with E-state index in [1.54, 1.807) is 0 Å². The van der Waals surface area contributed by atoms with Gasteiger partial charge in [0.1, 0.15) is 19.0 Å². The number of hydrogen-bond donors (Lipinski definition) is 2. The van der Waals surface area contributed by atoms with Crippen LogP contribution in [0.4, 0.5) is 0 Å². The Morgan fingerprint density at radius 2 is 2.41 bits per heavy atom. The molecule has 7 heteroatoms. The summed E-state index contributed by atoms with van der Waals surface area (Å²) in [5.41, 5.74) is 13.1. The van der Waals surface area contributed by atoms with Gasteiger partial charge in [-0.1, -0.05) is 0 Å². The lowest BCUT2D eigenvalue weighted by molar-refractivity contribution is -0.125. The van der Waals surface area contributed by atoms with Crippen LogP contribution in [0.2, 0.25) is 0 Å². The third-order valence-electron chi connectivity index (χ3n) is 3.64. The Morgan fingerprint density at radius 1 is 1.59 bits per heavy atom. The van der Waals surface area contributed by atoms with Crippen LogP contribution >= 0.6 is 0 Å². The summed E-state index contributed by atoms with van der Waals surface area (Å²) in [6.07, 6.45) is 2.29. The molecular formula is C15H20N4O3. The molecule has 7 nitrogen and oxygen atoms in total. The molecule has 2 atom stereocenters. The van der Waals surface area contributed by atoms with Crippen molar-refractivity contribution in [2.75, 3.05) is 13.2 Å². The Bertz CT molecular complexity index is 695. The Kier molecular flexibility index (Phi) is 4.00. The molecule has 2 aromatic rings. The molecule has 0 saturated carbocycles. The molecule has 0 aliphatic carbocycles. The van der Waals surface area contributed by atoms with Crippen LogP contribution in [0, 0.1) is 0 Å². The fourth-order valence-electron chi connectivity index (χ4n) is 2.75. The van der Waals surface area contributed by atoms with E-state index in [0.717, 1.165) is 22.2 Å². The average Bonchev–Trinajstić information content (AvgIpc) is 2.87. The molecule has 4 N–H and O–H groups in total. The van der Waals surface area contributed by atoms with E-state index in [2.05, 4.69) is 5.10 Å². The van der Waals surface area contributed by atoms with E-state index in [-0.39, 0.29) is 18.8 Å². The molecule has 0 spiro atoms. The first kappa shape index (κ1) is 14.8. The summed E-state index contributed by atoms with van der Waals surface area (Å²) in [4.78, 5) is 10.9. The number of carbonyl (C=O) groups excluding carboxylic acids is 1. The molecule has 22 heavy (non-hydrogen) atoms. The van der Waals surface area contributed by atoms with E-state index in [1.807, 2.05) is 29.9 Å². The number of primary amides is 1. The number of nitrogens with two attached hydrogens (primary N) is 2. The summed E-state index contributed by atoms with van der Waals surface area (Å²) in [5.74, 6) is 0.351. The van der Waals surface area contributed by atoms with Crippen LogP contribution in [0.25, 0.3) is 10.9 Å². The lowest BCUT2D eigenvalue weighted by Gasteiger charge is -2.26. The molecule has 2 heterocycles. The van der Waals surface area contributed by atoms with E-state index >= 15 is 0 Å². The van der Waals surface area contributed by atoms with Crippen molar-refractivity contribution in [1.82, 2.24) is 9.78 Å². The fourth-order valence-corrected chi connectivity index (χ4v) is 2.75. The molecule has 1 aliphatic rings. The Morgan fingerprint density at radius 3 is 3.14 bits per heavy atom. The van der Waals surface area contributed by atoms with Gasteiger partial charge in [0.05, 0.1) is 24.4 Å². The maximum absolute atomic E-state index is 10.9. The number of ether oxygens (including phenoxy) is 2. The number of amides is 1. The normalized spacial score (nSPS) is 18.7. The highest BCUT2D eigenvalue weighted by molar-refractivity contribution is 5.84. The minimum Gasteiger partial charge on any atom is -0.491 e. The Hall–Kier alpha value is -2.12. The van der Waals surface area contributed by atoms with E-state index in [4.69, 9.17) is 20.9 Å². The van der Waals surface area contributed by atoms with Gasteiger partial charge in [-0.3, -0.25) is 9.48 Å². The lowest BCUT2D eigenvalue weighted by Crippen LogP contribution is -2.32. The topological polar surface area (TPSA) is 105 Å². The summed E-state index contributed by atoms with van der Waals surface area (Å²) in [6.45, 7) is 2.89. The first-order chi connectivity index (χ1) is 10.5. The van der Waals surface area contributed by atoms with Crippen LogP contribution in [-0.2, 0) is 22.5 Å². The highest BCUT2D eigenvalue weighted by Crippen LogP contribution is 2.32. The van der Waals surface area contributed by atoms with Crippen molar-refractivity contribution in [2.45, 2.75) is 32.0 Å². The zero-order valence-electron chi connectivity index (χ0n) is 12.5. The van der Waals surface area contributed by atoms with Crippen molar-refractivity contribution in [3.05, 3.63) is 23.9 Å². The van der Waals surface area contributed by atoms with Gasteiger partial charge in [0, 0.05) is 23.4 Å². The van der Waals surface area contributed by atoms with E-state index in [1.165, 1.54) is 0 Å². The third-order valence-corrected chi connectivity index (χ3v) is 3.64. The highest BCUT2D eigenvalue weighted by Gasteiger charge is 2.24. The number of fused-ring (bicyclic) bond motifs is 3. The minimum absolute atomic E-state index is 0.00498. The predicted octanol–water partition coefficient (Wildman–Crippen LogP) is 0.189. The molecule has 0 fully saturated rings. The number of rotatable bonds is 5. The number of carbonyl (C=O) groups is 1. The van der Waals surface area contributed by atoms with Gasteiger partial charge in [0.2, 0.25) is 5.91 Å². The molecule has 1 amide bonds. The van der Waals surface area contributed by atoms with E-state index < -0.39 is 5.91 Å². The van der Waals surface area contributed by atoms with Gasteiger partial charge in [0.15, 0.2) is 0 Å². The van der Waals surface area contributed by atoms with Crippen LogP contribution in [0.3, 0.4) is 0 Å². The first-order valence-corrected chi connectivity index (χ1v) is 7.30. The number of aromatic nitrogens is 2. The van der Waals surface area contributed by atoms with Crippen LogP contribution in [0.15, 0.2) is 18.3 Å². The number of hydrogen-bond acceptors (Lipinski definition) is 5. The van der Waals surface area contributed by atoms with Gasteiger partial charge in [-0.25, -0.2) is 0 Å². The molecule has 1 aromatic heterocycles. The van der Waals surface area contributed by atoms with Crippen molar-refractivity contribution in [1.29, 1.82) is 0 Å². The van der Waals surface area contributed by atoms with Gasteiger partial charge in [-0.2, -0.15) is 5.10 Å². The number of nitrogens with zero attached hydrogens (tertiary/aromatic N) is 2. The third kappa shape index (κ3) is 2.90. The number of benzene rings is 1. The molecule has 0 saturated heterocycles. The van der Waals surface area contributed by atoms with Crippen molar-refractivity contribution in [2.24, 2.45) is 11.5 Å². The standard InChI is InChI=1S/C15H20N4O3/c1-9(16)6-19-15-10(5-18-19)2-3-13-12(15)4-11(7-22-13)21-8-14(17)20/h2-3,5,9,11H,4,6-8,16H2,1H3,(H2,17,20). The summed E-state index contributed by atoms with van der Waals surface area (Å²) >= 11 is 0. The first-order valence-electron chi connectivity index (χ1n) is 7.30. The van der Waals surface area contributed by atoms with Crippen LogP contribution in [-0.4, -0.2) is 41.0 Å². The van der Waals surface area contributed by atoms with Gasteiger partial charge in [-0.15, -0.1) is 0 Å². The van der Waals surface area contributed by atoms with Gasteiger partial charge in [0.25, 0.3) is 0 Å². The predicted molar refractivity (Wildman–Crippen MR) is 81.5 cm³/mol. The van der Waals surface area contributed by atoms with E-state index in [9.17, 15) is 4.79 Å². The molecule has 0 bridgehead atoms. The molecule has 118 valence electrons. The fraction of sp³-hybridized carbons (Fsp3) is 0.467. The minimum atomic E-state index is -0.481. The quantitative estimate of drug-likeness (QED) is 0.820. The van der Waals surface area contributed by atoms with Crippen molar-refractivity contribution < 1.29 is 14.3 Å².